The van der Waals surface area contributed by atoms with Crippen LogP contribution in [0.1, 0.15) is 5.56 Å². The summed E-state index contributed by atoms with van der Waals surface area (Å²) in [6.45, 7) is 1.16. The Hall–Kier alpha value is -2.16. The molecule has 0 atom stereocenters. The van der Waals surface area contributed by atoms with E-state index in [0.29, 0.717) is 19.0 Å². The monoisotopic (exact) mass is 267 g/mol. The molecule has 0 unspecified atom stereocenters. The molecule has 6 heteroatoms. The Labute approximate surface area is 109 Å². The quantitative estimate of drug-likeness (QED) is 0.831. The van der Waals surface area contributed by atoms with Gasteiger partial charge in [-0.3, -0.25) is 4.99 Å². The molecule has 0 radical (unpaired) electrons. The predicted octanol–water partition coefficient (Wildman–Crippen LogP) is 2.10. The van der Waals surface area contributed by atoms with Crippen LogP contribution in [0.5, 0.6) is 0 Å². The summed E-state index contributed by atoms with van der Waals surface area (Å²) >= 11 is 0. The van der Waals surface area contributed by atoms with Crippen molar-refractivity contribution in [3.63, 3.8) is 0 Å². The summed E-state index contributed by atoms with van der Waals surface area (Å²) < 4.78 is 39.0. The number of nitrogens with zero attached hydrogens (tertiary/aromatic N) is 2. The Balaban J connectivity index is 2.45. The number of guanidine groups is 1. The van der Waals surface area contributed by atoms with E-state index in [-0.39, 0.29) is 12.2 Å². The molecule has 0 saturated carbocycles. The predicted molar refractivity (Wildman–Crippen MR) is 67.9 cm³/mol. The molecule has 1 aliphatic heterocycles. The molecule has 1 aromatic rings. The molecule has 100 valence electrons. The van der Waals surface area contributed by atoms with Gasteiger partial charge in [0.15, 0.2) is 5.96 Å². The Kier molecular flexibility index (Phi) is 3.65. The van der Waals surface area contributed by atoms with Crippen LogP contribution in [0.3, 0.4) is 0 Å². The van der Waals surface area contributed by atoms with Crippen molar-refractivity contribution >= 4 is 11.6 Å². The summed E-state index contributed by atoms with van der Waals surface area (Å²) in [5.74, 6) is 2.74. The standard InChI is InChI=1S/C13H12F3N3/c1-2-9-19(12-17-7-8-18-12)11-6-4-3-5-10(11)13(14,15)16/h1,3-6H,7-9H2,(H,17,18). The maximum absolute atomic E-state index is 13.0. The lowest BCUT2D eigenvalue weighted by molar-refractivity contribution is -0.137. The van der Waals surface area contributed by atoms with Gasteiger partial charge in [-0.05, 0) is 12.1 Å². The van der Waals surface area contributed by atoms with Gasteiger partial charge in [-0.2, -0.15) is 13.2 Å². The minimum atomic E-state index is -4.43. The summed E-state index contributed by atoms with van der Waals surface area (Å²) in [5.41, 5.74) is -0.706. The minimum absolute atomic E-state index is 0.0149. The van der Waals surface area contributed by atoms with Crippen LogP contribution in [-0.2, 0) is 6.18 Å². The molecule has 0 spiro atoms. The van der Waals surface area contributed by atoms with Crippen LogP contribution in [-0.4, -0.2) is 25.6 Å². The molecule has 2 rings (SSSR count). The van der Waals surface area contributed by atoms with Crippen LogP contribution in [0, 0.1) is 12.3 Å². The molecule has 19 heavy (non-hydrogen) atoms. The first kappa shape index (κ1) is 13.3. The normalized spacial score (nSPS) is 14.5. The van der Waals surface area contributed by atoms with Crippen LogP contribution >= 0.6 is 0 Å². The average molecular weight is 267 g/mol. The van der Waals surface area contributed by atoms with E-state index < -0.39 is 11.7 Å². The molecule has 0 aromatic heterocycles. The summed E-state index contributed by atoms with van der Waals surface area (Å²) in [6, 6.07) is 5.32. The third kappa shape index (κ3) is 2.81. The second-order valence-corrected chi connectivity index (χ2v) is 3.94. The molecule has 1 aromatic carbocycles. The van der Waals surface area contributed by atoms with E-state index in [9.17, 15) is 13.2 Å². The first-order valence-electron chi connectivity index (χ1n) is 5.69. The third-order valence-electron chi connectivity index (χ3n) is 2.66. The molecule has 0 bridgehead atoms. The summed E-state index contributed by atoms with van der Waals surface area (Å²) in [4.78, 5) is 5.49. The van der Waals surface area contributed by atoms with Crippen molar-refractivity contribution in [2.45, 2.75) is 6.18 Å². The van der Waals surface area contributed by atoms with Gasteiger partial charge in [0.05, 0.1) is 24.3 Å². The van der Waals surface area contributed by atoms with E-state index >= 15 is 0 Å². The van der Waals surface area contributed by atoms with Crippen molar-refractivity contribution in [3.05, 3.63) is 29.8 Å². The Morgan fingerprint density at radius 3 is 2.68 bits per heavy atom. The van der Waals surface area contributed by atoms with Gasteiger partial charge >= 0.3 is 6.18 Å². The number of halogens is 3. The number of aliphatic imine (C=N–C) groups is 1. The smallest absolute Gasteiger partial charge is 0.354 e. The fraction of sp³-hybridized carbons (Fsp3) is 0.308. The lowest BCUT2D eigenvalue weighted by Gasteiger charge is -2.25. The summed E-state index contributed by atoms with van der Waals surface area (Å²) in [7, 11) is 0. The highest BCUT2D eigenvalue weighted by atomic mass is 19.4. The second-order valence-electron chi connectivity index (χ2n) is 3.94. The van der Waals surface area contributed by atoms with Crippen LogP contribution in [0.2, 0.25) is 0 Å². The van der Waals surface area contributed by atoms with Crippen molar-refractivity contribution < 1.29 is 13.2 Å². The van der Waals surface area contributed by atoms with Gasteiger partial charge in [0.1, 0.15) is 0 Å². The molecule has 0 amide bonds. The van der Waals surface area contributed by atoms with E-state index in [1.807, 2.05) is 0 Å². The summed E-state index contributed by atoms with van der Waals surface area (Å²) in [6.07, 6.45) is 0.810. The molecule has 0 fully saturated rings. The topological polar surface area (TPSA) is 27.6 Å². The highest BCUT2D eigenvalue weighted by Crippen LogP contribution is 2.36. The lowest BCUT2D eigenvalue weighted by atomic mass is 10.1. The van der Waals surface area contributed by atoms with E-state index in [4.69, 9.17) is 6.42 Å². The number of para-hydroxylation sites is 1. The number of benzene rings is 1. The van der Waals surface area contributed by atoms with Crippen molar-refractivity contribution in [3.8, 4) is 12.3 Å². The number of hydrogen-bond acceptors (Lipinski definition) is 3. The number of alkyl halides is 3. The number of nitrogens with one attached hydrogen (secondary N) is 1. The largest absolute Gasteiger partial charge is 0.418 e. The fourth-order valence-electron chi connectivity index (χ4n) is 1.88. The van der Waals surface area contributed by atoms with E-state index in [1.165, 1.54) is 17.0 Å². The molecular weight excluding hydrogens is 255 g/mol. The number of hydrogen-bond donors (Lipinski definition) is 1. The molecule has 1 aliphatic rings. The van der Waals surface area contributed by atoms with Gasteiger partial charge in [0.2, 0.25) is 0 Å². The number of anilines is 1. The van der Waals surface area contributed by atoms with E-state index in [1.54, 1.807) is 6.07 Å². The first-order chi connectivity index (χ1) is 9.04. The van der Waals surface area contributed by atoms with Gasteiger partial charge in [0, 0.05) is 6.54 Å². The maximum Gasteiger partial charge on any atom is 0.418 e. The van der Waals surface area contributed by atoms with Gasteiger partial charge in [-0.15, -0.1) is 6.42 Å². The second kappa shape index (κ2) is 5.22. The minimum Gasteiger partial charge on any atom is -0.354 e. The van der Waals surface area contributed by atoms with Crippen molar-refractivity contribution in [2.75, 3.05) is 24.5 Å². The highest BCUT2D eigenvalue weighted by molar-refractivity contribution is 5.98. The highest BCUT2D eigenvalue weighted by Gasteiger charge is 2.35. The van der Waals surface area contributed by atoms with Gasteiger partial charge in [-0.1, -0.05) is 18.1 Å². The van der Waals surface area contributed by atoms with Gasteiger partial charge in [0.25, 0.3) is 0 Å². The number of rotatable bonds is 2. The van der Waals surface area contributed by atoms with Crippen LogP contribution in [0.15, 0.2) is 29.3 Å². The van der Waals surface area contributed by atoms with Crippen molar-refractivity contribution in [1.82, 2.24) is 5.32 Å². The van der Waals surface area contributed by atoms with Gasteiger partial charge < -0.3 is 10.2 Å². The van der Waals surface area contributed by atoms with Gasteiger partial charge in [-0.25, -0.2) is 0 Å². The van der Waals surface area contributed by atoms with Crippen LogP contribution in [0.4, 0.5) is 18.9 Å². The Morgan fingerprint density at radius 2 is 2.11 bits per heavy atom. The first-order valence-corrected chi connectivity index (χ1v) is 5.69. The zero-order valence-corrected chi connectivity index (χ0v) is 10.0. The molecule has 3 nitrogen and oxygen atoms in total. The number of terminal acetylenes is 1. The maximum atomic E-state index is 13.0. The van der Waals surface area contributed by atoms with Crippen molar-refractivity contribution in [1.29, 1.82) is 0 Å². The van der Waals surface area contributed by atoms with E-state index in [0.717, 1.165) is 6.07 Å². The molecule has 0 saturated heterocycles. The molecular formula is C13H12F3N3. The van der Waals surface area contributed by atoms with E-state index in [2.05, 4.69) is 16.2 Å². The molecule has 0 aliphatic carbocycles. The van der Waals surface area contributed by atoms with Crippen molar-refractivity contribution in [2.24, 2.45) is 4.99 Å². The van der Waals surface area contributed by atoms with Crippen LogP contribution < -0.4 is 10.2 Å². The average Bonchev–Trinajstić information content (AvgIpc) is 2.88. The third-order valence-corrected chi connectivity index (χ3v) is 2.66. The Bertz CT molecular complexity index is 529. The lowest BCUT2D eigenvalue weighted by Crippen LogP contribution is -2.40. The molecule has 1 N–H and O–H groups in total. The Morgan fingerprint density at radius 1 is 1.37 bits per heavy atom. The fourth-order valence-corrected chi connectivity index (χ4v) is 1.88. The summed E-state index contributed by atoms with van der Waals surface area (Å²) in [5, 5.41) is 2.93. The zero-order valence-electron chi connectivity index (χ0n) is 10.0. The SMILES string of the molecule is C#CCN(C1=NCCN1)c1ccccc1C(F)(F)F. The molecule has 1 heterocycles. The van der Waals surface area contributed by atoms with Crippen LogP contribution in [0.25, 0.3) is 0 Å². The zero-order chi connectivity index (χ0) is 13.9.